The number of nitrogens with one attached hydrogen (secondary N) is 2. The van der Waals surface area contributed by atoms with Crippen LogP contribution in [-0.4, -0.2) is 19.3 Å². The van der Waals surface area contributed by atoms with Crippen molar-refractivity contribution in [2.75, 3.05) is 5.32 Å². The van der Waals surface area contributed by atoms with Crippen molar-refractivity contribution in [2.24, 2.45) is 5.14 Å². The smallest absolute Gasteiger partial charge is 0.224 e. The number of H-pyrrole nitrogens is 1. The molecule has 130 valence electrons. The van der Waals surface area contributed by atoms with Crippen LogP contribution in [0.2, 0.25) is 0 Å². The number of aromatic amines is 1. The molecule has 0 radical (unpaired) electrons. The standard InChI is InChI=1S/C18H19N3O3S/c19-25(23,24)12-13-5-8-15(9-6-13)21-18(22)10-7-14-11-20-17-4-2-1-3-16(14)17/h1-6,8-9,11,20H,7,10,12H2,(H,21,22)(H2,19,23,24). The van der Waals surface area contributed by atoms with Gasteiger partial charge in [0.2, 0.25) is 15.9 Å². The molecular formula is C18H19N3O3S. The van der Waals surface area contributed by atoms with Gasteiger partial charge in [0.1, 0.15) is 0 Å². The fourth-order valence-electron chi connectivity index (χ4n) is 2.73. The van der Waals surface area contributed by atoms with Crippen molar-refractivity contribution in [2.45, 2.75) is 18.6 Å². The van der Waals surface area contributed by atoms with E-state index in [1.54, 1.807) is 24.3 Å². The highest BCUT2D eigenvalue weighted by Crippen LogP contribution is 2.19. The SMILES string of the molecule is NS(=O)(=O)Cc1ccc(NC(=O)CCc2c[nH]c3ccccc23)cc1. The summed E-state index contributed by atoms with van der Waals surface area (Å²) in [6.07, 6.45) is 2.93. The van der Waals surface area contributed by atoms with Gasteiger partial charge in [-0.3, -0.25) is 4.79 Å². The van der Waals surface area contributed by atoms with E-state index in [1.807, 2.05) is 30.5 Å². The van der Waals surface area contributed by atoms with Crippen molar-refractivity contribution in [1.82, 2.24) is 4.98 Å². The van der Waals surface area contributed by atoms with Crippen LogP contribution in [0.1, 0.15) is 17.5 Å². The molecule has 0 fully saturated rings. The van der Waals surface area contributed by atoms with E-state index in [0.29, 0.717) is 24.1 Å². The molecule has 0 aliphatic heterocycles. The maximum atomic E-state index is 12.1. The molecule has 0 aliphatic rings. The molecule has 0 atom stereocenters. The number of hydrogen-bond donors (Lipinski definition) is 3. The van der Waals surface area contributed by atoms with E-state index >= 15 is 0 Å². The number of benzene rings is 2. The summed E-state index contributed by atoms with van der Waals surface area (Å²) in [6.45, 7) is 0. The van der Waals surface area contributed by atoms with Crippen LogP contribution in [-0.2, 0) is 27.0 Å². The molecule has 25 heavy (non-hydrogen) atoms. The highest BCUT2D eigenvalue weighted by Gasteiger charge is 2.08. The molecule has 7 heteroatoms. The van der Waals surface area contributed by atoms with E-state index in [0.717, 1.165) is 16.5 Å². The lowest BCUT2D eigenvalue weighted by atomic mass is 10.1. The Hall–Kier alpha value is -2.64. The number of hydrogen-bond acceptors (Lipinski definition) is 3. The van der Waals surface area contributed by atoms with Crippen LogP contribution in [0.4, 0.5) is 5.69 Å². The fraction of sp³-hybridized carbons (Fsp3) is 0.167. The topological polar surface area (TPSA) is 105 Å². The summed E-state index contributed by atoms with van der Waals surface area (Å²) >= 11 is 0. The predicted octanol–water partition coefficient (Wildman–Crippen LogP) is 2.53. The zero-order chi connectivity index (χ0) is 17.9. The number of primary sulfonamides is 1. The van der Waals surface area contributed by atoms with E-state index in [9.17, 15) is 13.2 Å². The number of para-hydroxylation sites is 1. The Morgan fingerprint density at radius 1 is 1.08 bits per heavy atom. The predicted molar refractivity (Wildman–Crippen MR) is 98.5 cm³/mol. The first-order valence-corrected chi connectivity index (χ1v) is 9.56. The van der Waals surface area contributed by atoms with Gasteiger partial charge >= 0.3 is 0 Å². The Kier molecular flexibility index (Phi) is 4.87. The normalized spacial score (nSPS) is 11.6. The van der Waals surface area contributed by atoms with Crippen LogP contribution in [0.25, 0.3) is 10.9 Å². The Morgan fingerprint density at radius 2 is 1.80 bits per heavy atom. The second-order valence-corrected chi connectivity index (χ2v) is 7.53. The third kappa shape index (κ3) is 4.68. The molecule has 1 heterocycles. The second kappa shape index (κ2) is 7.08. The third-order valence-corrected chi connectivity index (χ3v) is 4.64. The molecule has 0 unspecified atom stereocenters. The fourth-order valence-corrected chi connectivity index (χ4v) is 3.38. The summed E-state index contributed by atoms with van der Waals surface area (Å²) in [5.41, 5.74) is 3.37. The van der Waals surface area contributed by atoms with E-state index in [2.05, 4.69) is 10.3 Å². The number of carbonyl (C=O) groups excluding carboxylic acids is 1. The van der Waals surface area contributed by atoms with Crippen LogP contribution >= 0.6 is 0 Å². The Labute approximate surface area is 146 Å². The minimum atomic E-state index is -3.56. The van der Waals surface area contributed by atoms with Gasteiger partial charge < -0.3 is 10.3 Å². The van der Waals surface area contributed by atoms with Gasteiger partial charge in [0.15, 0.2) is 0 Å². The zero-order valence-corrected chi connectivity index (χ0v) is 14.3. The quantitative estimate of drug-likeness (QED) is 0.631. The summed E-state index contributed by atoms with van der Waals surface area (Å²) in [4.78, 5) is 15.3. The molecule has 0 bridgehead atoms. The van der Waals surface area contributed by atoms with Gasteiger partial charge in [0, 0.05) is 29.2 Å². The number of aryl methyl sites for hydroxylation is 1. The van der Waals surface area contributed by atoms with Gasteiger partial charge in [0.05, 0.1) is 5.75 Å². The summed E-state index contributed by atoms with van der Waals surface area (Å²) < 4.78 is 22.1. The summed E-state index contributed by atoms with van der Waals surface area (Å²) in [6, 6.07) is 14.6. The third-order valence-electron chi connectivity index (χ3n) is 3.90. The molecule has 3 rings (SSSR count). The molecule has 1 amide bonds. The minimum Gasteiger partial charge on any atom is -0.361 e. The van der Waals surface area contributed by atoms with Gasteiger partial charge in [0.25, 0.3) is 0 Å². The molecule has 4 N–H and O–H groups in total. The van der Waals surface area contributed by atoms with Gasteiger partial charge in [-0.2, -0.15) is 0 Å². The molecule has 0 saturated carbocycles. The number of fused-ring (bicyclic) bond motifs is 1. The molecule has 0 spiro atoms. The summed E-state index contributed by atoms with van der Waals surface area (Å²) in [5.74, 6) is -0.314. The number of carbonyl (C=O) groups is 1. The molecule has 1 aromatic heterocycles. The van der Waals surface area contributed by atoms with Crippen molar-refractivity contribution in [3.05, 3.63) is 65.9 Å². The summed E-state index contributed by atoms with van der Waals surface area (Å²) in [5, 5.41) is 8.95. The number of anilines is 1. The van der Waals surface area contributed by atoms with Crippen LogP contribution < -0.4 is 10.5 Å². The highest BCUT2D eigenvalue weighted by molar-refractivity contribution is 7.88. The van der Waals surface area contributed by atoms with Gasteiger partial charge in [-0.05, 0) is 35.7 Å². The Bertz CT molecular complexity index is 992. The number of rotatable bonds is 6. The van der Waals surface area contributed by atoms with Gasteiger partial charge in [-0.1, -0.05) is 30.3 Å². The lowest BCUT2D eigenvalue weighted by Crippen LogP contribution is -2.15. The monoisotopic (exact) mass is 357 g/mol. The average Bonchev–Trinajstić information content (AvgIpc) is 2.97. The number of sulfonamides is 1. The zero-order valence-electron chi connectivity index (χ0n) is 13.5. The maximum absolute atomic E-state index is 12.1. The van der Waals surface area contributed by atoms with E-state index in [4.69, 9.17) is 5.14 Å². The lowest BCUT2D eigenvalue weighted by Gasteiger charge is -2.06. The van der Waals surface area contributed by atoms with Crippen LogP contribution in [0, 0.1) is 0 Å². The average molecular weight is 357 g/mol. The minimum absolute atomic E-state index is 0.0931. The molecular weight excluding hydrogens is 338 g/mol. The Morgan fingerprint density at radius 3 is 2.52 bits per heavy atom. The highest BCUT2D eigenvalue weighted by atomic mass is 32.2. The van der Waals surface area contributed by atoms with Gasteiger partial charge in [-0.15, -0.1) is 0 Å². The van der Waals surface area contributed by atoms with Crippen LogP contribution in [0.3, 0.4) is 0 Å². The van der Waals surface area contributed by atoms with E-state index in [-0.39, 0.29) is 11.7 Å². The van der Waals surface area contributed by atoms with E-state index in [1.165, 1.54) is 0 Å². The molecule has 6 nitrogen and oxygen atoms in total. The van der Waals surface area contributed by atoms with Crippen LogP contribution in [0.5, 0.6) is 0 Å². The number of amides is 1. The van der Waals surface area contributed by atoms with Gasteiger partial charge in [-0.25, -0.2) is 13.6 Å². The van der Waals surface area contributed by atoms with Crippen molar-refractivity contribution in [3.63, 3.8) is 0 Å². The van der Waals surface area contributed by atoms with E-state index < -0.39 is 10.0 Å². The van der Waals surface area contributed by atoms with Crippen molar-refractivity contribution in [1.29, 1.82) is 0 Å². The number of nitrogens with two attached hydrogens (primary N) is 1. The first-order chi connectivity index (χ1) is 11.9. The maximum Gasteiger partial charge on any atom is 0.224 e. The number of aromatic nitrogens is 1. The largest absolute Gasteiger partial charge is 0.361 e. The first kappa shape index (κ1) is 17.2. The van der Waals surface area contributed by atoms with Crippen LogP contribution in [0.15, 0.2) is 54.7 Å². The van der Waals surface area contributed by atoms with Crippen molar-refractivity contribution >= 4 is 32.5 Å². The molecule has 3 aromatic rings. The molecule has 0 saturated heterocycles. The first-order valence-electron chi connectivity index (χ1n) is 7.85. The summed E-state index contributed by atoms with van der Waals surface area (Å²) in [7, 11) is -3.56. The second-order valence-electron chi connectivity index (χ2n) is 5.91. The molecule has 2 aromatic carbocycles. The Balaban J connectivity index is 1.57. The lowest BCUT2D eigenvalue weighted by molar-refractivity contribution is -0.116. The molecule has 0 aliphatic carbocycles. The van der Waals surface area contributed by atoms with Crippen molar-refractivity contribution < 1.29 is 13.2 Å². The van der Waals surface area contributed by atoms with Crippen molar-refractivity contribution in [3.8, 4) is 0 Å².